The minimum absolute atomic E-state index is 0.0652. The Kier molecular flexibility index (Phi) is 4.88. The highest BCUT2D eigenvalue weighted by molar-refractivity contribution is 6.21. The van der Waals surface area contributed by atoms with Gasteiger partial charge in [0.05, 0.1) is 0 Å². The zero-order chi connectivity index (χ0) is 13.9. The Balaban J connectivity index is 2.75. The van der Waals surface area contributed by atoms with Crippen molar-refractivity contribution in [1.82, 2.24) is 0 Å². The zero-order valence-corrected chi connectivity index (χ0v) is 11.6. The summed E-state index contributed by atoms with van der Waals surface area (Å²) in [5.41, 5.74) is 0.602. The lowest BCUT2D eigenvalue weighted by Gasteiger charge is -2.19. The van der Waals surface area contributed by atoms with Crippen molar-refractivity contribution in [1.29, 1.82) is 0 Å². The maximum absolute atomic E-state index is 11.9. The predicted molar refractivity (Wildman–Crippen MR) is 71.3 cm³/mol. The molecule has 0 aromatic carbocycles. The molecule has 0 amide bonds. The van der Waals surface area contributed by atoms with E-state index in [4.69, 9.17) is 0 Å². The van der Waals surface area contributed by atoms with Gasteiger partial charge in [-0.1, -0.05) is 33.6 Å². The summed E-state index contributed by atoms with van der Waals surface area (Å²) in [5.74, 6) is -0.422. The van der Waals surface area contributed by atoms with Crippen molar-refractivity contribution in [3.05, 3.63) is 23.0 Å². The van der Waals surface area contributed by atoms with Crippen LogP contribution in [0.1, 0.15) is 47.0 Å². The van der Waals surface area contributed by atoms with Crippen molar-refractivity contribution in [2.45, 2.75) is 47.0 Å². The quantitative estimate of drug-likeness (QED) is 0.761. The zero-order valence-electron chi connectivity index (χ0n) is 11.6. The molecule has 1 rings (SSSR count). The molecule has 0 unspecified atom stereocenters. The summed E-state index contributed by atoms with van der Waals surface area (Å²) in [6.45, 7) is 7.76. The Morgan fingerprint density at radius 1 is 1.17 bits per heavy atom. The number of carbonyl (C=O) groups is 2. The number of ketones is 2. The molecule has 0 radical (unpaired) electrons. The Labute approximate surface area is 109 Å². The lowest BCUT2D eigenvalue weighted by molar-refractivity contribution is -0.118. The van der Waals surface area contributed by atoms with Gasteiger partial charge in [-0.3, -0.25) is 9.59 Å². The number of aliphatic hydroxyl groups excluding tert-OH is 1. The smallest absolute Gasteiger partial charge is 0.223 e. The first-order chi connectivity index (χ1) is 8.34. The van der Waals surface area contributed by atoms with E-state index in [1.807, 2.05) is 6.92 Å². The molecule has 3 nitrogen and oxygen atoms in total. The van der Waals surface area contributed by atoms with E-state index in [0.29, 0.717) is 11.5 Å². The number of carbonyl (C=O) groups excluding carboxylic acids is 2. The van der Waals surface area contributed by atoms with E-state index < -0.39 is 5.78 Å². The highest BCUT2D eigenvalue weighted by Crippen LogP contribution is 2.27. The van der Waals surface area contributed by atoms with E-state index in [9.17, 15) is 14.7 Å². The second-order valence-electron chi connectivity index (χ2n) is 5.51. The molecule has 1 N–H and O–H groups in total. The van der Waals surface area contributed by atoms with Gasteiger partial charge in [0.2, 0.25) is 5.78 Å². The molecular weight excluding hydrogens is 228 g/mol. The van der Waals surface area contributed by atoms with Crippen molar-refractivity contribution in [3.63, 3.8) is 0 Å². The number of aliphatic hydroxyl groups is 1. The molecule has 0 aliphatic heterocycles. The average molecular weight is 250 g/mol. The van der Waals surface area contributed by atoms with E-state index in [0.717, 1.165) is 19.3 Å². The molecule has 0 aromatic heterocycles. The van der Waals surface area contributed by atoms with E-state index in [2.05, 4.69) is 13.8 Å². The molecule has 3 heteroatoms. The van der Waals surface area contributed by atoms with Gasteiger partial charge < -0.3 is 5.11 Å². The minimum Gasteiger partial charge on any atom is -0.504 e. The van der Waals surface area contributed by atoms with E-state index in [1.165, 1.54) is 6.08 Å². The second kappa shape index (κ2) is 5.98. The molecule has 0 spiro atoms. The van der Waals surface area contributed by atoms with Crippen LogP contribution in [0.3, 0.4) is 0 Å². The van der Waals surface area contributed by atoms with Crippen LogP contribution < -0.4 is 0 Å². The summed E-state index contributed by atoms with van der Waals surface area (Å²) in [7, 11) is 0. The topological polar surface area (TPSA) is 54.4 Å². The van der Waals surface area contributed by atoms with Crippen LogP contribution in [-0.2, 0) is 9.59 Å². The van der Waals surface area contributed by atoms with Gasteiger partial charge in [0.15, 0.2) is 11.5 Å². The molecule has 0 aromatic rings. The Bertz CT molecular complexity index is 413. The summed E-state index contributed by atoms with van der Waals surface area (Å²) < 4.78 is 0. The van der Waals surface area contributed by atoms with Gasteiger partial charge in [-0.25, -0.2) is 0 Å². The lowest BCUT2D eigenvalue weighted by atomic mass is 9.85. The Morgan fingerprint density at radius 2 is 1.78 bits per heavy atom. The lowest BCUT2D eigenvalue weighted by Crippen LogP contribution is -2.22. The third-order valence-electron chi connectivity index (χ3n) is 3.35. The molecule has 1 aliphatic carbocycles. The maximum Gasteiger partial charge on any atom is 0.223 e. The van der Waals surface area contributed by atoms with Gasteiger partial charge in [-0.2, -0.15) is 0 Å². The molecule has 0 heterocycles. The van der Waals surface area contributed by atoms with Crippen LogP contribution in [0, 0.1) is 11.8 Å². The van der Waals surface area contributed by atoms with Gasteiger partial charge >= 0.3 is 0 Å². The molecule has 100 valence electrons. The van der Waals surface area contributed by atoms with Crippen molar-refractivity contribution in [2.24, 2.45) is 11.8 Å². The number of hydrogen-bond donors (Lipinski definition) is 1. The van der Waals surface area contributed by atoms with Crippen LogP contribution in [0.2, 0.25) is 0 Å². The Hall–Kier alpha value is -1.38. The SMILES string of the molecule is CC1=CC(=O)C([C@@H](C)CCCC(C)C)=C(O)C1=O. The fourth-order valence-electron chi connectivity index (χ4n) is 2.22. The second-order valence-corrected chi connectivity index (χ2v) is 5.51. The normalized spacial score (nSPS) is 18.4. The number of hydrogen-bond acceptors (Lipinski definition) is 3. The van der Waals surface area contributed by atoms with Gasteiger partial charge in [0, 0.05) is 11.1 Å². The summed E-state index contributed by atoms with van der Waals surface area (Å²) in [4.78, 5) is 23.5. The average Bonchev–Trinajstić information content (AvgIpc) is 2.25. The van der Waals surface area contributed by atoms with Crippen LogP contribution in [-0.4, -0.2) is 16.7 Å². The van der Waals surface area contributed by atoms with Crippen LogP contribution >= 0.6 is 0 Å². The summed E-state index contributed by atoms with van der Waals surface area (Å²) in [6, 6.07) is 0. The molecule has 0 bridgehead atoms. The van der Waals surface area contributed by atoms with Gasteiger partial charge in [-0.05, 0) is 31.3 Å². The van der Waals surface area contributed by atoms with Crippen LogP contribution in [0.15, 0.2) is 23.0 Å². The largest absolute Gasteiger partial charge is 0.504 e. The summed E-state index contributed by atoms with van der Waals surface area (Å²) in [5, 5.41) is 9.83. The van der Waals surface area contributed by atoms with Crippen molar-refractivity contribution in [2.75, 3.05) is 0 Å². The highest BCUT2D eigenvalue weighted by Gasteiger charge is 2.29. The standard InChI is InChI=1S/C15H22O3/c1-9(2)6-5-7-10(3)13-12(16)8-11(4)14(17)15(13)18/h8-10,18H,5-7H2,1-4H3/t10-/m0/s1. The fourth-order valence-corrected chi connectivity index (χ4v) is 2.22. The molecule has 1 aliphatic rings. The molecule has 1 atom stereocenters. The van der Waals surface area contributed by atoms with Gasteiger partial charge in [0.1, 0.15) is 0 Å². The number of rotatable bonds is 5. The van der Waals surface area contributed by atoms with Gasteiger partial charge in [0.25, 0.3) is 0 Å². The molecule has 0 saturated carbocycles. The summed E-state index contributed by atoms with van der Waals surface area (Å²) in [6.07, 6.45) is 4.25. The van der Waals surface area contributed by atoms with Gasteiger partial charge in [-0.15, -0.1) is 0 Å². The fraction of sp³-hybridized carbons (Fsp3) is 0.600. The molecule has 18 heavy (non-hydrogen) atoms. The first-order valence-corrected chi connectivity index (χ1v) is 6.55. The van der Waals surface area contributed by atoms with Crippen LogP contribution in [0.5, 0.6) is 0 Å². The van der Waals surface area contributed by atoms with Crippen molar-refractivity contribution >= 4 is 11.6 Å². The first-order valence-electron chi connectivity index (χ1n) is 6.55. The number of allylic oxidation sites excluding steroid dienone is 3. The highest BCUT2D eigenvalue weighted by atomic mass is 16.3. The predicted octanol–water partition coefficient (Wildman–Crippen LogP) is 3.36. The first kappa shape index (κ1) is 14.7. The van der Waals surface area contributed by atoms with Crippen LogP contribution in [0.25, 0.3) is 0 Å². The third-order valence-corrected chi connectivity index (χ3v) is 3.35. The molecular formula is C15H22O3. The Morgan fingerprint density at radius 3 is 2.33 bits per heavy atom. The van der Waals surface area contributed by atoms with E-state index in [-0.39, 0.29) is 23.0 Å². The van der Waals surface area contributed by atoms with Crippen molar-refractivity contribution in [3.8, 4) is 0 Å². The van der Waals surface area contributed by atoms with Crippen LogP contribution in [0.4, 0.5) is 0 Å². The summed E-state index contributed by atoms with van der Waals surface area (Å²) >= 11 is 0. The molecule has 0 saturated heterocycles. The third kappa shape index (κ3) is 3.31. The van der Waals surface area contributed by atoms with E-state index in [1.54, 1.807) is 6.92 Å². The number of Topliss-reactive ketones (excluding diaryl/α,β-unsaturated/α-hetero) is 1. The minimum atomic E-state index is -0.416. The monoisotopic (exact) mass is 250 g/mol. The van der Waals surface area contributed by atoms with E-state index >= 15 is 0 Å². The van der Waals surface area contributed by atoms with Crippen molar-refractivity contribution < 1.29 is 14.7 Å². The maximum atomic E-state index is 11.9. The molecule has 0 fully saturated rings.